The van der Waals surface area contributed by atoms with Crippen molar-refractivity contribution in [2.45, 2.75) is 18.1 Å². The zero-order valence-electron chi connectivity index (χ0n) is 14.9. The van der Waals surface area contributed by atoms with Gasteiger partial charge in [-0.05, 0) is 24.1 Å². The molecule has 2 amide bonds. The van der Waals surface area contributed by atoms with E-state index in [0.29, 0.717) is 36.2 Å². The molecule has 1 atom stereocenters. The van der Waals surface area contributed by atoms with E-state index >= 15 is 0 Å². The highest BCUT2D eigenvalue weighted by molar-refractivity contribution is 8.15. The SMILES string of the molecule is C=CCN=C1NC(=O)C(CC(=O)NCCc2ccc(OC)c(OC)c2)S1. The Balaban J connectivity index is 1.79. The van der Waals surface area contributed by atoms with E-state index in [9.17, 15) is 9.59 Å². The monoisotopic (exact) mass is 377 g/mol. The normalized spacial score (nSPS) is 17.7. The molecule has 2 N–H and O–H groups in total. The number of rotatable bonds is 9. The molecule has 0 aliphatic carbocycles. The van der Waals surface area contributed by atoms with Crippen LogP contribution in [-0.4, -0.2) is 49.5 Å². The number of benzene rings is 1. The molecular formula is C18H23N3O4S. The number of nitrogens with zero attached hydrogens (tertiary/aromatic N) is 1. The molecule has 0 saturated carbocycles. The van der Waals surface area contributed by atoms with Crippen molar-refractivity contribution in [2.75, 3.05) is 27.3 Å². The Morgan fingerprint density at radius 1 is 1.38 bits per heavy atom. The van der Waals surface area contributed by atoms with Crippen molar-refractivity contribution < 1.29 is 19.1 Å². The Hall–Kier alpha value is -2.48. The lowest BCUT2D eigenvalue weighted by atomic mass is 10.1. The van der Waals surface area contributed by atoms with E-state index in [1.807, 2.05) is 18.2 Å². The number of methoxy groups -OCH3 is 2. The molecule has 1 saturated heterocycles. The molecule has 0 spiro atoms. The first kappa shape index (κ1) is 19.8. The molecule has 8 heteroatoms. The third-order valence-electron chi connectivity index (χ3n) is 3.70. The van der Waals surface area contributed by atoms with Crippen LogP contribution in [0.15, 0.2) is 35.8 Å². The van der Waals surface area contributed by atoms with Gasteiger partial charge in [-0.2, -0.15) is 0 Å². The smallest absolute Gasteiger partial charge is 0.240 e. The van der Waals surface area contributed by atoms with Gasteiger partial charge in [0.1, 0.15) is 5.25 Å². The van der Waals surface area contributed by atoms with Crippen LogP contribution in [0.25, 0.3) is 0 Å². The van der Waals surface area contributed by atoms with Gasteiger partial charge in [-0.3, -0.25) is 14.6 Å². The largest absolute Gasteiger partial charge is 0.493 e. The lowest BCUT2D eigenvalue weighted by Gasteiger charge is -2.10. The van der Waals surface area contributed by atoms with E-state index < -0.39 is 5.25 Å². The Morgan fingerprint density at radius 3 is 2.85 bits per heavy atom. The van der Waals surface area contributed by atoms with Crippen LogP contribution in [0.2, 0.25) is 0 Å². The average Bonchev–Trinajstić information content (AvgIpc) is 2.99. The first-order valence-corrected chi connectivity index (χ1v) is 9.05. The first-order valence-electron chi connectivity index (χ1n) is 8.17. The predicted molar refractivity (Wildman–Crippen MR) is 103 cm³/mol. The second kappa shape index (κ2) is 9.86. The van der Waals surface area contributed by atoms with Crippen LogP contribution in [0.3, 0.4) is 0 Å². The number of amides is 2. The lowest BCUT2D eigenvalue weighted by molar-refractivity contribution is -0.125. The van der Waals surface area contributed by atoms with Crippen LogP contribution >= 0.6 is 11.8 Å². The van der Waals surface area contributed by atoms with E-state index in [4.69, 9.17) is 9.47 Å². The van der Waals surface area contributed by atoms with Gasteiger partial charge in [-0.1, -0.05) is 23.9 Å². The average molecular weight is 377 g/mol. The molecule has 0 radical (unpaired) electrons. The molecule has 0 aromatic heterocycles. The minimum Gasteiger partial charge on any atom is -0.493 e. The molecule has 1 heterocycles. The fraction of sp³-hybridized carbons (Fsp3) is 0.389. The summed E-state index contributed by atoms with van der Waals surface area (Å²) in [6.07, 6.45) is 2.42. The van der Waals surface area contributed by atoms with Crippen molar-refractivity contribution in [3.8, 4) is 11.5 Å². The highest BCUT2D eigenvalue weighted by Gasteiger charge is 2.31. The summed E-state index contributed by atoms with van der Waals surface area (Å²) in [4.78, 5) is 28.1. The molecule has 1 fully saturated rings. The predicted octanol–water partition coefficient (Wildman–Crippen LogP) is 1.53. The van der Waals surface area contributed by atoms with Gasteiger partial charge in [0, 0.05) is 13.0 Å². The minimum absolute atomic E-state index is 0.121. The summed E-state index contributed by atoms with van der Waals surface area (Å²) >= 11 is 1.28. The first-order chi connectivity index (χ1) is 12.6. The molecule has 140 valence electrons. The van der Waals surface area contributed by atoms with E-state index in [2.05, 4.69) is 22.2 Å². The Labute approximate surface area is 157 Å². The summed E-state index contributed by atoms with van der Waals surface area (Å²) in [7, 11) is 3.17. The van der Waals surface area contributed by atoms with Crippen LogP contribution in [0, 0.1) is 0 Å². The summed E-state index contributed by atoms with van der Waals surface area (Å²) < 4.78 is 10.5. The Morgan fingerprint density at radius 2 is 2.15 bits per heavy atom. The standard InChI is InChI=1S/C18H23N3O4S/c1-4-8-20-18-21-17(23)15(26-18)11-16(22)19-9-7-12-5-6-13(24-2)14(10-12)25-3/h4-6,10,15H,1,7-9,11H2,2-3H3,(H,19,22)(H,20,21,23). The minimum atomic E-state index is -0.445. The van der Waals surface area contributed by atoms with Crippen molar-refractivity contribution in [3.05, 3.63) is 36.4 Å². The third-order valence-corrected chi connectivity index (χ3v) is 4.81. The van der Waals surface area contributed by atoms with Crippen LogP contribution in [0.1, 0.15) is 12.0 Å². The maximum atomic E-state index is 12.1. The number of ether oxygens (including phenoxy) is 2. The number of aliphatic imine (C=N–C) groups is 1. The summed E-state index contributed by atoms with van der Waals surface area (Å²) in [5.41, 5.74) is 1.02. The molecule has 1 aromatic rings. The molecule has 26 heavy (non-hydrogen) atoms. The van der Waals surface area contributed by atoms with Gasteiger partial charge in [-0.25, -0.2) is 0 Å². The van der Waals surface area contributed by atoms with Gasteiger partial charge in [0.05, 0.1) is 20.8 Å². The molecule has 2 rings (SSSR count). The van der Waals surface area contributed by atoms with E-state index in [1.165, 1.54) is 11.8 Å². The van der Waals surface area contributed by atoms with Crippen molar-refractivity contribution >= 4 is 28.7 Å². The van der Waals surface area contributed by atoms with Gasteiger partial charge in [0.25, 0.3) is 0 Å². The van der Waals surface area contributed by atoms with Crippen molar-refractivity contribution in [2.24, 2.45) is 4.99 Å². The highest BCUT2D eigenvalue weighted by Crippen LogP contribution is 2.27. The van der Waals surface area contributed by atoms with Gasteiger partial charge >= 0.3 is 0 Å². The number of thioether (sulfide) groups is 1. The second-order valence-corrected chi connectivity index (χ2v) is 6.72. The summed E-state index contributed by atoms with van der Waals surface area (Å²) in [5.74, 6) is 0.969. The van der Waals surface area contributed by atoms with E-state index in [0.717, 1.165) is 5.56 Å². The van der Waals surface area contributed by atoms with Crippen LogP contribution in [-0.2, 0) is 16.0 Å². The fourth-order valence-corrected chi connectivity index (χ4v) is 3.36. The maximum Gasteiger partial charge on any atom is 0.240 e. The van der Waals surface area contributed by atoms with Crippen molar-refractivity contribution in [1.29, 1.82) is 0 Å². The number of nitrogens with one attached hydrogen (secondary N) is 2. The zero-order valence-corrected chi connectivity index (χ0v) is 15.7. The summed E-state index contributed by atoms with van der Waals surface area (Å²) in [5, 5.41) is 5.61. The number of carbonyl (C=O) groups excluding carboxylic acids is 2. The molecule has 1 aromatic carbocycles. The number of hydrogen-bond acceptors (Lipinski definition) is 6. The van der Waals surface area contributed by atoms with Gasteiger partial charge < -0.3 is 20.1 Å². The highest BCUT2D eigenvalue weighted by atomic mass is 32.2. The number of hydrogen-bond donors (Lipinski definition) is 2. The van der Waals surface area contributed by atoms with Crippen LogP contribution in [0.4, 0.5) is 0 Å². The quantitative estimate of drug-likeness (QED) is 0.637. The Bertz CT molecular complexity index is 706. The second-order valence-electron chi connectivity index (χ2n) is 5.52. The van der Waals surface area contributed by atoms with E-state index in [-0.39, 0.29) is 18.2 Å². The summed E-state index contributed by atoms with van der Waals surface area (Å²) in [6.45, 7) is 4.49. The third kappa shape index (κ3) is 5.52. The van der Waals surface area contributed by atoms with Gasteiger partial charge in [-0.15, -0.1) is 6.58 Å². The van der Waals surface area contributed by atoms with Crippen LogP contribution in [0.5, 0.6) is 11.5 Å². The number of carbonyl (C=O) groups is 2. The van der Waals surface area contributed by atoms with Gasteiger partial charge in [0.2, 0.25) is 11.8 Å². The maximum absolute atomic E-state index is 12.1. The topological polar surface area (TPSA) is 89.0 Å². The van der Waals surface area contributed by atoms with Crippen LogP contribution < -0.4 is 20.1 Å². The lowest BCUT2D eigenvalue weighted by Crippen LogP contribution is -2.32. The van der Waals surface area contributed by atoms with Crippen molar-refractivity contribution in [1.82, 2.24) is 10.6 Å². The molecule has 1 unspecified atom stereocenters. The molecule has 7 nitrogen and oxygen atoms in total. The molecule has 1 aliphatic rings. The van der Waals surface area contributed by atoms with Gasteiger partial charge in [0.15, 0.2) is 16.7 Å². The molecular weight excluding hydrogens is 354 g/mol. The fourth-order valence-electron chi connectivity index (χ4n) is 2.39. The molecule has 1 aliphatic heterocycles. The molecule has 0 bridgehead atoms. The summed E-state index contributed by atoms with van der Waals surface area (Å²) in [6, 6.07) is 5.64. The number of amidine groups is 1. The zero-order chi connectivity index (χ0) is 18.9. The van der Waals surface area contributed by atoms with Crippen molar-refractivity contribution in [3.63, 3.8) is 0 Å². The Kier molecular flexibility index (Phi) is 7.53. The van der Waals surface area contributed by atoms with E-state index in [1.54, 1.807) is 20.3 Å².